The zero-order valence-electron chi connectivity index (χ0n) is 11.8. The number of aryl methyl sites for hydroxylation is 1. The highest BCUT2D eigenvalue weighted by molar-refractivity contribution is 7.99. The quantitative estimate of drug-likeness (QED) is 0.360. The van der Waals surface area contributed by atoms with Crippen molar-refractivity contribution >= 4 is 29.5 Å². The van der Waals surface area contributed by atoms with E-state index in [1.54, 1.807) is 19.2 Å². The van der Waals surface area contributed by atoms with Crippen LogP contribution in [-0.4, -0.2) is 32.8 Å². The van der Waals surface area contributed by atoms with Gasteiger partial charge in [0, 0.05) is 19.2 Å². The molecule has 0 aliphatic heterocycles. The van der Waals surface area contributed by atoms with Crippen LogP contribution < -0.4 is 0 Å². The van der Waals surface area contributed by atoms with Crippen molar-refractivity contribution in [2.75, 3.05) is 7.11 Å². The molecule has 114 valence electrons. The minimum Gasteiger partial charge on any atom is -0.466 e. The van der Waals surface area contributed by atoms with Crippen LogP contribution in [0.2, 0.25) is 0 Å². The molecule has 0 radical (unpaired) electrons. The maximum absolute atomic E-state index is 11.2. The molecule has 0 aliphatic rings. The fourth-order valence-electron chi connectivity index (χ4n) is 1.58. The summed E-state index contributed by atoms with van der Waals surface area (Å²) in [6, 6.07) is 4.66. The van der Waals surface area contributed by atoms with Gasteiger partial charge in [0.2, 0.25) is 0 Å². The fourth-order valence-corrected chi connectivity index (χ4v) is 2.43. The molecule has 8 nitrogen and oxygen atoms in total. The van der Waals surface area contributed by atoms with Crippen LogP contribution in [0.1, 0.15) is 5.56 Å². The van der Waals surface area contributed by atoms with Gasteiger partial charge in [0.05, 0.1) is 16.9 Å². The number of carbonyl (C=O) groups is 1. The Balaban J connectivity index is 2.32. The molecule has 0 N–H and O–H groups in total. The Morgan fingerprint density at radius 2 is 2.27 bits per heavy atom. The highest BCUT2D eigenvalue weighted by Crippen LogP contribution is 2.34. The Morgan fingerprint density at radius 3 is 2.86 bits per heavy atom. The molecule has 9 heteroatoms. The lowest BCUT2D eigenvalue weighted by atomic mass is 10.2. The molecule has 1 aromatic heterocycles. The van der Waals surface area contributed by atoms with Crippen LogP contribution in [0.4, 0.5) is 5.69 Å². The predicted octanol–water partition coefficient (Wildman–Crippen LogP) is 2.06. The van der Waals surface area contributed by atoms with Gasteiger partial charge in [0.25, 0.3) is 5.69 Å². The van der Waals surface area contributed by atoms with Gasteiger partial charge in [0.1, 0.15) is 6.33 Å². The summed E-state index contributed by atoms with van der Waals surface area (Å²) >= 11 is 1.15. The van der Waals surface area contributed by atoms with E-state index in [1.807, 2.05) is 0 Å². The molecular formula is C13H12N4O4S. The molecule has 0 spiro atoms. The number of esters is 1. The average Bonchev–Trinajstić information content (AvgIpc) is 2.90. The molecular weight excluding hydrogens is 308 g/mol. The second-order valence-corrected chi connectivity index (χ2v) is 5.12. The van der Waals surface area contributed by atoms with Crippen molar-refractivity contribution in [3.8, 4) is 0 Å². The number of nitro groups is 1. The van der Waals surface area contributed by atoms with Gasteiger partial charge in [-0.05, 0) is 29.5 Å². The Hall–Kier alpha value is -2.68. The van der Waals surface area contributed by atoms with E-state index in [1.165, 1.54) is 36.3 Å². The molecule has 0 saturated carbocycles. The van der Waals surface area contributed by atoms with Crippen molar-refractivity contribution in [3.05, 3.63) is 46.3 Å². The standard InChI is InChI=1S/C13H12N4O4S/c1-16-13(14-8-15-16)22-11-5-3-9(4-6-12(18)21-2)7-10(11)17(19)20/h3-8H,1-2H3/b6-4-. The van der Waals surface area contributed by atoms with Gasteiger partial charge in [-0.3, -0.25) is 10.1 Å². The lowest BCUT2D eigenvalue weighted by Crippen LogP contribution is -1.96. The summed E-state index contributed by atoms with van der Waals surface area (Å²) in [7, 11) is 2.96. The first-order chi connectivity index (χ1) is 10.5. The molecule has 1 aromatic carbocycles. The molecule has 0 amide bonds. The highest BCUT2D eigenvalue weighted by Gasteiger charge is 2.17. The van der Waals surface area contributed by atoms with Crippen molar-refractivity contribution < 1.29 is 14.5 Å². The summed E-state index contributed by atoms with van der Waals surface area (Å²) in [4.78, 5) is 26.3. The Bertz CT molecular complexity index is 741. The summed E-state index contributed by atoms with van der Waals surface area (Å²) in [5.74, 6) is -0.528. The molecule has 2 rings (SSSR count). The minimum absolute atomic E-state index is 0.0694. The number of nitro benzene ring substituents is 1. The van der Waals surface area contributed by atoms with Crippen LogP contribution in [0.15, 0.2) is 40.7 Å². The maximum atomic E-state index is 11.2. The molecule has 22 heavy (non-hydrogen) atoms. The molecule has 0 fully saturated rings. The van der Waals surface area contributed by atoms with Gasteiger partial charge in [-0.1, -0.05) is 6.07 Å². The van der Waals surface area contributed by atoms with Gasteiger partial charge >= 0.3 is 5.97 Å². The van der Waals surface area contributed by atoms with Gasteiger partial charge in [-0.2, -0.15) is 5.10 Å². The van der Waals surface area contributed by atoms with E-state index >= 15 is 0 Å². The van der Waals surface area contributed by atoms with E-state index in [0.29, 0.717) is 15.6 Å². The third-order valence-corrected chi connectivity index (χ3v) is 3.78. The van der Waals surface area contributed by atoms with Gasteiger partial charge in [0.15, 0.2) is 5.16 Å². The van der Waals surface area contributed by atoms with Crippen LogP contribution in [0.25, 0.3) is 6.08 Å². The molecule has 0 saturated heterocycles. The number of benzene rings is 1. The third-order valence-electron chi connectivity index (χ3n) is 2.66. The maximum Gasteiger partial charge on any atom is 0.330 e. The number of methoxy groups -OCH3 is 1. The lowest BCUT2D eigenvalue weighted by Gasteiger charge is -2.03. The molecule has 0 unspecified atom stereocenters. The van der Waals surface area contributed by atoms with E-state index in [2.05, 4.69) is 14.8 Å². The normalized spacial score (nSPS) is 10.8. The Labute approximate surface area is 130 Å². The van der Waals surface area contributed by atoms with Crippen LogP contribution in [0.3, 0.4) is 0 Å². The van der Waals surface area contributed by atoms with Crippen molar-refractivity contribution in [1.82, 2.24) is 14.8 Å². The number of hydrogen-bond donors (Lipinski definition) is 0. The smallest absolute Gasteiger partial charge is 0.330 e. The number of aromatic nitrogens is 3. The number of carbonyl (C=O) groups excluding carboxylic acids is 1. The Kier molecular flexibility index (Phi) is 4.89. The van der Waals surface area contributed by atoms with Gasteiger partial charge < -0.3 is 4.74 Å². The molecule has 2 aromatic rings. The third kappa shape index (κ3) is 3.70. The Morgan fingerprint density at radius 1 is 1.50 bits per heavy atom. The molecule has 0 atom stereocenters. The van der Waals surface area contributed by atoms with Crippen molar-refractivity contribution in [2.24, 2.45) is 7.05 Å². The SMILES string of the molecule is COC(=O)/C=C\c1ccc(Sc2ncnn2C)c([N+](=O)[O-])c1. The summed E-state index contributed by atoms with van der Waals surface area (Å²) in [5.41, 5.74) is 0.458. The topological polar surface area (TPSA) is 100 Å². The van der Waals surface area contributed by atoms with Crippen LogP contribution >= 0.6 is 11.8 Å². The molecule has 1 heterocycles. The fraction of sp³-hybridized carbons (Fsp3) is 0.154. The van der Waals surface area contributed by atoms with Gasteiger partial charge in [-0.25, -0.2) is 14.5 Å². The first-order valence-electron chi connectivity index (χ1n) is 6.07. The van der Waals surface area contributed by atoms with Gasteiger partial charge in [-0.15, -0.1) is 0 Å². The second kappa shape index (κ2) is 6.85. The largest absolute Gasteiger partial charge is 0.466 e. The van der Waals surface area contributed by atoms with Crippen molar-refractivity contribution in [1.29, 1.82) is 0 Å². The summed E-state index contributed by atoms with van der Waals surface area (Å²) in [6.45, 7) is 0. The average molecular weight is 320 g/mol. The minimum atomic E-state index is -0.528. The summed E-state index contributed by atoms with van der Waals surface area (Å²) in [6.07, 6.45) is 4.03. The van der Waals surface area contributed by atoms with E-state index in [-0.39, 0.29) is 5.69 Å². The van der Waals surface area contributed by atoms with Crippen molar-refractivity contribution in [2.45, 2.75) is 10.1 Å². The van der Waals surface area contributed by atoms with E-state index in [4.69, 9.17) is 0 Å². The van der Waals surface area contributed by atoms with Crippen LogP contribution in [0, 0.1) is 10.1 Å². The number of ether oxygens (including phenoxy) is 1. The molecule has 0 aliphatic carbocycles. The zero-order chi connectivity index (χ0) is 16.1. The predicted molar refractivity (Wildman–Crippen MR) is 79.3 cm³/mol. The number of nitrogens with zero attached hydrogens (tertiary/aromatic N) is 4. The van der Waals surface area contributed by atoms with E-state index in [9.17, 15) is 14.9 Å². The van der Waals surface area contributed by atoms with E-state index < -0.39 is 10.9 Å². The van der Waals surface area contributed by atoms with E-state index in [0.717, 1.165) is 11.8 Å². The zero-order valence-corrected chi connectivity index (χ0v) is 12.6. The summed E-state index contributed by atoms with van der Waals surface area (Å²) < 4.78 is 6.00. The molecule has 0 bridgehead atoms. The summed E-state index contributed by atoms with van der Waals surface area (Å²) in [5, 5.41) is 15.7. The lowest BCUT2D eigenvalue weighted by molar-refractivity contribution is -0.387. The highest BCUT2D eigenvalue weighted by atomic mass is 32.2. The number of rotatable bonds is 5. The monoisotopic (exact) mass is 320 g/mol. The van der Waals surface area contributed by atoms with Crippen LogP contribution in [-0.2, 0) is 16.6 Å². The first kappa shape index (κ1) is 15.7. The number of hydrogen-bond acceptors (Lipinski definition) is 7. The van der Waals surface area contributed by atoms with Crippen LogP contribution in [0.5, 0.6) is 0 Å². The second-order valence-electron chi connectivity index (χ2n) is 4.11. The first-order valence-corrected chi connectivity index (χ1v) is 6.89. The van der Waals surface area contributed by atoms with Crippen molar-refractivity contribution in [3.63, 3.8) is 0 Å².